The van der Waals surface area contributed by atoms with E-state index >= 15 is 0 Å². The van der Waals surface area contributed by atoms with Crippen molar-refractivity contribution in [3.05, 3.63) is 0 Å². The first-order chi connectivity index (χ1) is 7.50. The lowest BCUT2D eigenvalue weighted by molar-refractivity contribution is -0.148. The minimum absolute atomic E-state index is 0.143. The quantitative estimate of drug-likeness (QED) is 0.630. The molecule has 1 heterocycles. The Labute approximate surface area is 93.4 Å². The Bertz CT molecular complexity index is 287. The van der Waals surface area contributed by atoms with Gasteiger partial charge < -0.3 is 10.8 Å². The number of carbonyl (C=O) groups excluding carboxylic acids is 2. The topological polar surface area (TPSA) is 101 Å². The number of nitrogens with zero attached hydrogens (tertiary/aromatic N) is 1. The average Bonchev–Trinajstić information content (AvgIpc) is 2.15. The van der Waals surface area contributed by atoms with E-state index in [1.54, 1.807) is 0 Å². The summed E-state index contributed by atoms with van der Waals surface area (Å²) in [6, 6.07) is -0.514. The molecular formula is C10H16N2O4. The van der Waals surface area contributed by atoms with Gasteiger partial charge in [0.15, 0.2) is 0 Å². The molecule has 1 fully saturated rings. The number of imide groups is 1. The molecule has 0 radical (unpaired) electrons. The maximum Gasteiger partial charge on any atom is 0.304 e. The molecular weight excluding hydrogens is 212 g/mol. The van der Waals surface area contributed by atoms with E-state index in [0.717, 1.165) is 0 Å². The second-order valence-corrected chi connectivity index (χ2v) is 3.94. The highest BCUT2D eigenvalue weighted by Gasteiger charge is 2.25. The molecule has 0 aromatic heterocycles. The van der Waals surface area contributed by atoms with Gasteiger partial charge in [-0.15, -0.1) is 0 Å². The monoisotopic (exact) mass is 228 g/mol. The normalized spacial score (nSPS) is 18.7. The maximum atomic E-state index is 11.4. The van der Waals surface area contributed by atoms with Crippen LogP contribution in [0.5, 0.6) is 0 Å². The summed E-state index contributed by atoms with van der Waals surface area (Å²) in [4.78, 5) is 34.3. The lowest BCUT2D eigenvalue weighted by Crippen LogP contribution is -2.42. The average molecular weight is 228 g/mol. The van der Waals surface area contributed by atoms with Crippen molar-refractivity contribution >= 4 is 17.8 Å². The van der Waals surface area contributed by atoms with Crippen molar-refractivity contribution < 1.29 is 19.5 Å². The summed E-state index contributed by atoms with van der Waals surface area (Å²) >= 11 is 0. The summed E-state index contributed by atoms with van der Waals surface area (Å²) in [5.74, 6) is -1.33. The van der Waals surface area contributed by atoms with Crippen molar-refractivity contribution in [3.8, 4) is 0 Å². The second-order valence-electron chi connectivity index (χ2n) is 3.94. The molecule has 1 aliphatic heterocycles. The fourth-order valence-corrected chi connectivity index (χ4v) is 1.67. The summed E-state index contributed by atoms with van der Waals surface area (Å²) in [6.07, 6.45) is 1.58. The highest BCUT2D eigenvalue weighted by atomic mass is 16.4. The van der Waals surface area contributed by atoms with Crippen LogP contribution < -0.4 is 5.73 Å². The maximum absolute atomic E-state index is 11.4. The Morgan fingerprint density at radius 2 is 1.94 bits per heavy atom. The molecule has 0 saturated carbocycles. The van der Waals surface area contributed by atoms with Crippen molar-refractivity contribution in [2.75, 3.05) is 6.54 Å². The van der Waals surface area contributed by atoms with Crippen LogP contribution in [0.3, 0.4) is 0 Å². The van der Waals surface area contributed by atoms with Crippen molar-refractivity contribution in [1.29, 1.82) is 0 Å². The number of carboxylic acids is 1. The number of hydrogen-bond acceptors (Lipinski definition) is 4. The van der Waals surface area contributed by atoms with Crippen molar-refractivity contribution in [2.24, 2.45) is 5.73 Å². The van der Waals surface area contributed by atoms with E-state index < -0.39 is 12.0 Å². The molecule has 0 aliphatic carbocycles. The van der Waals surface area contributed by atoms with Crippen LogP contribution in [-0.4, -0.2) is 40.4 Å². The highest BCUT2D eigenvalue weighted by Crippen LogP contribution is 2.13. The number of carboxylic acid groups (broad SMARTS) is 1. The molecule has 0 aromatic carbocycles. The smallest absolute Gasteiger partial charge is 0.304 e. The van der Waals surface area contributed by atoms with Gasteiger partial charge in [0, 0.05) is 25.4 Å². The Balaban J connectivity index is 2.38. The SMILES string of the molecule is N[C@@H](CCN1C(=O)CCCC1=O)CC(=O)O. The van der Waals surface area contributed by atoms with Crippen LogP contribution in [0, 0.1) is 0 Å². The molecule has 0 spiro atoms. The first kappa shape index (κ1) is 12.6. The molecule has 90 valence electrons. The minimum Gasteiger partial charge on any atom is -0.481 e. The van der Waals surface area contributed by atoms with Crippen LogP contribution in [0.4, 0.5) is 0 Å². The van der Waals surface area contributed by atoms with Crippen molar-refractivity contribution in [1.82, 2.24) is 4.90 Å². The molecule has 6 heteroatoms. The van der Waals surface area contributed by atoms with Crippen LogP contribution in [0.25, 0.3) is 0 Å². The molecule has 0 aromatic rings. The standard InChI is InChI=1S/C10H16N2O4/c11-7(6-10(15)16)4-5-12-8(13)2-1-3-9(12)14/h7H,1-6,11H2,(H,15,16)/t7-/m0/s1. The van der Waals surface area contributed by atoms with Gasteiger partial charge in [-0.2, -0.15) is 0 Å². The summed E-state index contributed by atoms with van der Waals surface area (Å²) in [7, 11) is 0. The number of nitrogens with two attached hydrogens (primary N) is 1. The molecule has 16 heavy (non-hydrogen) atoms. The first-order valence-electron chi connectivity index (χ1n) is 5.31. The Hall–Kier alpha value is -1.43. The van der Waals surface area contributed by atoms with E-state index in [1.165, 1.54) is 4.90 Å². The van der Waals surface area contributed by atoms with Gasteiger partial charge in [-0.05, 0) is 12.8 Å². The molecule has 0 unspecified atom stereocenters. The van der Waals surface area contributed by atoms with E-state index in [9.17, 15) is 14.4 Å². The molecule has 1 saturated heterocycles. The van der Waals surface area contributed by atoms with Crippen LogP contribution in [0.15, 0.2) is 0 Å². The van der Waals surface area contributed by atoms with E-state index in [2.05, 4.69) is 0 Å². The van der Waals surface area contributed by atoms with Crippen LogP contribution >= 0.6 is 0 Å². The summed E-state index contributed by atoms with van der Waals surface area (Å²) in [5.41, 5.74) is 5.55. The van der Waals surface area contributed by atoms with E-state index in [4.69, 9.17) is 10.8 Å². The Kier molecular flexibility index (Phi) is 4.42. The number of carbonyl (C=O) groups is 3. The highest BCUT2D eigenvalue weighted by molar-refractivity contribution is 5.97. The van der Waals surface area contributed by atoms with Gasteiger partial charge in [-0.3, -0.25) is 19.3 Å². The minimum atomic E-state index is -0.969. The fraction of sp³-hybridized carbons (Fsp3) is 0.700. The van der Waals surface area contributed by atoms with Gasteiger partial charge >= 0.3 is 5.97 Å². The van der Waals surface area contributed by atoms with E-state index in [0.29, 0.717) is 25.7 Å². The molecule has 2 amide bonds. The van der Waals surface area contributed by atoms with E-state index in [-0.39, 0.29) is 24.8 Å². The number of hydrogen-bond donors (Lipinski definition) is 2. The molecule has 3 N–H and O–H groups in total. The largest absolute Gasteiger partial charge is 0.481 e. The summed E-state index contributed by atoms with van der Waals surface area (Å²) in [5, 5.41) is 8.50. The van der Waals surface area contributed by atoms with Crippen LogP contribution in [-0.2, 0) is 14.4 Å². The van der Waals surface area contributed by atoms with E-state index in [1.807, 2.05) is 0 Å². The third kappa shape index (κ3) is 3.62. The zero-order valence-electron chi connectivity index (χ0n) is 9.02. The Morgan fingerprint density at radius 3 is 2.44 bits per heavy atom. The third-order valence-electron chi connectivity index (χ3n) is 2.54. The molecule has 1 atom stereocenters. The molecule has 6 nitrogen and oxygen atoms in total. The van der Waals surface area contributed by atoms with Crippen molar-refractivity contribution in [2.45, 2.75) is 38.1 Å². The third-order valence-corrected chi connectivity index (χ3v) is 2.54. The molecule has 1 rings (SSSR count). The number of likely N-dealkylation sites (tertiary alicyclic amines) is 1. The van der Waals surface area contributed by atoms with Gasteiger partial charge in [-0.1, -0.05) is 0 Å². The van der Waals surface area contributed by atoms with Crippen LogP contribution in [0.1, 0.15) is 32.1 Å². The van der Waals surface area contributed by atoms with Gasteiger partial charge in [0.1, 0.15) is 0 Å². The fourth-order valence-electron chi connectivity index (χ4n) is 1.67. The van der Waals surface area contributed by atoms with Crippen molar-refractivity contribution in [3.63, 3.8) is 0 Å². The van der Waals surface area contributed by atoms with Gasteiger partial charge in [0.25, 0.3) is 0 Å². The predicted molar refractivity (Wildman–Crippen MR) is 55.4 cm³/mol. The number of amides is 2. The number of piperidine rings is 1. The van der Waals surface area contributed by atoms with Gasteiger partial charge in [0.2, 0.25) is 11.8 Å². The van der Waals surface area contributed by atoms with Gasteiger partial charge in [-0.25, -0.2) is 0 Å². The Morgan fingerprint density at radius 1 is 1.38 bits per heavy atom. The summed E-state index contributed by atoms with van der Waals surface area (Å²) < 4.78 is 0. The molecule has 1 aliphatic rings. The lowest BCUT2D eigenvalue weighted by atomic mass is 10.1. The zero-order chi connectivity index (χ0) is 12.1. The first-order valence-corrected chi connectivity index (χ1v) is 5.31. The summed E-state index contributed by atoms with van der Waals surface area (Å²) in [6.45, 7) is 0.228. The number of aliphatic carboxylic acids is 1. The zero-order valence-corrected chi connectivity index (χ0v) is 9.02. The number of rotatable bonds is 5. The lowest BCUT2D eigenvalue weighted by Gasteiger charge is -2.25. The predicted octanol–water partition coefficient (Wildman–Crippen LogP) is -0.282. The second kappa shape index (κ2) is 5.60. The molecule has 0 bridgehead atoms. The van der Waals surface area contributed by atoms with Crippen LogP contribution in [0.2, 0.25) is 0 Å². The van der Waals surface area contributed by atoms with Gasteiger partial charge in [0.05, 0.1) is 6.42 Å².